The molecule has 0 bridgehead atoms. The summed E-state index contributed by atoms with van der Waals surface area (Å²) >= 11 is 0. The predicted molar refractivity (Wildman–Crippen MR) is 64.2 cm³/mol. The molecule has 3 heteroatoms. The summed E-state index contributed by atoms with van der Waals surface area (Å²) < 4.78 is 0. The third-order valence-electron chi connectivity index (χ3n) is 3.98. The van der Waals surface area contributed by atoms with Crippen molar-refractivity contribution in [3.63, 3.8) is 0 Å². The Kier molecular flexibility index (Phi) is 4.00. The molecule has 2 rings (SSSR count). The summed E-state index contributed by atoms with van der Waals surface area (Å²) in [5, 5.41) is 3.58. The highest BCUT2D eigenvalue weighted by Gasteiger charge is 2.23. The first-order valence-electron chi connectivity index (χ1n) is 6.38. The first-order chi connectivity index (χ1) is 7.25. The minimum absolute atomic E-state index is 0.759. The van der Waals surface area contributed by atoms with Crippen LogP contribution in [0.5, 0.6) is 0 Å². The van der Waals surface area contributed by atoms with Gasteiger partial charge in [0.05, 0.1) is 0 Å². The Bertz CT molecular complexity index is 181. The Morgan fingerprint density at radius 2 is 2.00 bits per heavy atom. The van der Waals surface area contributed by atoms with Crippen molar-refractivity contribution in [2.24, 2.45) is 0 Å². The highest BCUT2D eigenvalue weighted by Crippen LogP contribution is 2.16. The van der Waals surface area contributed by atoms with Gasteiger partial charge in [-0.1, -0.05) is 0 Å². The van der Waals surface area contributed by atoms with Gasteiger partial charge in [-0.3, -0.25) is 0 Å². The second-order valence-corrected chi connectivity index (χ2v) is 5.27. The molecule has 15 heavy (non-hydrogen) atoms. The van der Waals surface area contributed by atoms with Crippen molar-refractivity contribution < 1.29 is 0 Å². The first kappa shape index (κ1) is 11.4. The highest BCUT2D eigenvalue weighted by molar-refractivity contribution is 4.82. The van der Waals surface area contributed by atoms with E-state index in [4.69, 9.17) is 0 Å². The van der Waals surface area contributed by atoms with E-state index in [9.17, 15) is 0 Å². The van der Waals surface area contributed by atoms with E-state index in [1.165, 1.54) is 51.9 Å². The number of nitrogens with one attached hydrogen (secondary N) is 1. The molecule has 88 valence electrons. The van der Waals surface area contributed by atoms with E-state index >= 15 is 0 Å². The number of hydrogen-bond donors (Lipinski definition) is 1. The standard InChI is InChI=1S/C12H25N3/c1-14-8-5-12(6-9-14)15(2)10-11-4-3-7-13-11/h11-13H,3-10H2,1-2H3. The molecule has 0 amide bonds. The average Bonchev–Trinajstić information content (AvgIpc) is 2.71. The molecule has 3 nitrogen and oxygen atoms in total. The molecule has 1 atom stereocenters. The van der Waals surface area contributed by atoms with Crippen LogP contribution >= 0.6 is 0 Å². The molecule has 0 aromatic rings. The lowest BCUT2D eigenvalue weighted by Crippen LogP contribution is -2.46. The molecule has 0 aromatic carbocycles. The lowest BCUT2D eigenvalue weighted by Gasteiger charge is -2.36. The van der Waals surface area contributed by atoms with Gasteiger partial charge in [0.15, 0.2) is 0 Å². The van der Waals surface area contributed by atoms with Crippen molar-refractivity contribution in [2.45, 2.75) is 37.8 Å². The van der Waals surface area contributed by atoms with Gasteiger partial charge in [-0.15, -0.1) is 0 Å². The molecule has 2 aliphatic heterocycles. The maximum atomic E-state index is 3.58. The molecule has 1 N–H and O–H groups in total. The van der Waals surface area contributed by atoms with Crippen LogP contribution in [0.1, 0.15) is 25.7 Å². The molecular weight excluding hydrogens is 186 g/mol. The van der Waals surface area contributed by atoms with Gasteiger partial charge in [0.25, 0.3) is 0 Å². The summed E-state index contributed by atoms with van der Waals surface area (Å²) in [5.41, 5.74) is 0. The van der Waals surface area contributed by atoms with Gasteiger partial charge in [0.1, 0.15) is 0 Å². The number of nitrogens with zero attached hydrogens (tertiary/aromatic N) is 2. The summed E-state index contributed by atoms with van der Waals surface area (Å²) in [6, 6.07) is 1.58. The molecule has 2 fully saturated rings. The van der Waals surface area contributed by atoms with Gasteiger partial charge in [0, 0.05) is 18.6 Å². The zero-order chi connectivity index (χ0) is 10.7. The van der Waals surface area contributed by atoms with Gasteiger partial charge >= 0.3 is 0 Å². The fourth-order valence-corrected chi connectivity index (χ4v) is 2.84. The zero-order valence-electron chi connectivity index (χ0n) is 10.2. The molecule has 0 saturated carbocycles. The van der Waals surface area contributed by atoms with Crippen molar-refractivity contribution >= 4 is 0 Å². The molecule has 0 spiro atoms. The second-order valence-electron chi connectivity index (χ2n) is 5.27. The van der Waals surface area contributed by atoms with E-state index in [2.05, 4.69) is 29.2 Å². The molecule has 0 aromatic heterocycles. The number of likely N-dealkylation sites (N-methyl/N-ethyl adjacent to an activating group) is 1. The van der Waals surface area contributed by atoms with Gasteiger partial charge in [-0.05, 0) is 59.4 Å². The quantitative estimate of drug-likeness (QED) is 0.744. The van der Waals surface area contributed by atoms with Crippen LogP contribution in [-0.4, -0.2) is 62.2 Å². The zero-order valence-corrected chi connectivity index (χ0v) is 10.2. The van der Waals surface area contributed by atoms with E-state index in [1.54, 1.807) is 0 Å². The third-order valence-corrected chi connectivity index (χ3v) is 3.98. The number of likely N-dealkylation sites (tertiary alicyclic amines) is 1. The topological polar surface area (TPSA) is 18.5 Å². The summed E-state index contributed by atoms with van der Waals surface area (Å²) in [7, 11) is 4.53. The van der Waals surface area contributed by atoms with Crippen LogP contribution in [-0.2, 0) is 0 Å². The molecule has 0 radical (unpaired) electrons. The van der Waals surface area contributed by atoms with E-state index in [0.717, 1.165) is 12.1 Å². The van der Waals surface area contributed by atoms with E-state index < -0.39 is 0 Å². The van der Waals surface area contributed by atoms with E-state index in [0.29, 0.717) is 0 Å². The van der Waals surface area contributed by atoms with E-state index in [1.807, 2.05) is 0 Å². The predicted octanol–water partition coefficient (Wildman–Crippen LogP) is 0.764. The monoisotopic (exact) mass is 211 g/mol. The lowest BCUT2D eigenvalue weighted by molar-refractivity contribution is 0.136. The number of rotatable bonds is 3. The SMILES string of the molecule is CN1CCC(N(C)CC2CCCN2)CC1. The molecule has 0 aliphatic carbocycles. The fraction of sp³-hybridized carbons (Fsp3) is 1.00. The van der Waals surface area contributed by atoms with Crippen LogP contribution in [0.3, 0.4) is 0 Å². The molecule has 2 aliphatic rings. The minimum atomic E-state index is 0.759. The summed E-state index contributed by atoms with van der Waals surface area (Å²) in [6.45, 7) is 5.01. The Morgan fingerprint density at radius 1 is 1.27 bits per heavy atom. The Morgan fingerprint density at radius 3 is 2.60 bits per heavy atom. The maximum absolute atomic E-state index is 3.58. The van der Waals surface area contributed by atoms with Crippen LogP contribution in [0.4, 0.5) is 0 Å². The van der Waals surface area contributed by atoms with Crippen LogP contribution in [0.15, 0.2) is 0 Å². The Labute approximate surface area is 93.8 Å². The molecule has 2 saturated heterocycles. The number of hydrogen-bond acceptors (Lipinski definition) is 3. The van der Waals surface area contributed by atoms with Crippen LogP contribution in [0, 0.1) is 0 Å². The largest absolute Gasteiger partial charge is 0.313 e. The van der Waals surface area contributed by atoms with Crippen molar-refractivity contribution in [3.05, 3.63) is 0 Å². The molecular formula is C12H25N3. The van der Waals surface area contributed by atoms with E-state index in [-0.39, 0.29) is 0 Å². The van der Waals surface area contributed by atoms with Gasteiger partial charge in [-0.25, -0.2) is 0 Å². The van der Waals surface area contributed by atoms with Crippen LogP contribution in [0.25, 0.3) is 0 Å². The van der Waals surface area contributed by atoms with Crippen LogP contribution in [0.2, 0.25) is 0 Å². The van der Waals surface area contributed by atoms with Crippen molar-refractivity contribution in [2.75, 3.05) is 40.3 Å². The smallest absolute Gasteiger partial charge is 0.0195 e. The lowest BCUT2D eigenvalue weighted by atomic mass is 10.0. The number of piperidine rings is 1. The molecule has 2 heterocycles. The van der Waals surface area contributed by atoms with Gasteiger partial charge in [-0.2, -0.15) is 0 Å². The fourth-order valence-electron chi connectivity index (χ4n) is 2.84. The molecule has 1 unspecified atom stereocenters. The van der Waals surface area contributed by atoms with Crippen LogP contribution < -0.4 is 5.32 Å². The van der Waals surface area contributed by atoms with Crippen molar-refractivity contribution in [3.8, 4) is 0 Å². The summed E-state index contributed by atoms with van der Waals surface area (Å²) in [5.74, 6) is 0. The summed E-state index contributed by atoms with van der Waals surface area (Å²) in [6.07, 6.45) is 5.43. The summed E-state index contributed by atoms with van der Waals surface area (Å²) in [4.78, 5) is 5.02. The van der Waals surface area contributed by atoms with Crippen molar-refractivity contribution in [1.82, 2.24) is 15.1 Å². The highest BCUT2D eigenvalue weighted by atomic mass is 15.2. The third kappa shape index (κ3) is 3.16. The normalized spacial score (nSPS) is 30.2. The Hall–Kier alpha value is -0.120. The van der Waals surface area contributed by atoms with Gasteiger partial charge in [0.2, 0.25) is 0 Å². The van der Waals surface area contributed by atoms with Crippen molar-refractivity contribution in [1.29, 1.82) is 0 Å². The second kappa shape index (κ2) is 5.28. The van der Waals surface area contributed by atoms with Gasteiger partial charge < -0.3 is 15.1 Å². The Balaban J connectivity index is 1.72. The first-order valence-corrected chi connectivity index (χ1v) is 6.38. The maximum Gasteiger partial charge on any atom is 0.0195 e. The minimum Gasteiger partial charge on any atom is -0.313 e. The average molecular weight is 211 g/mol.